The van der Waals surface area contributed by atoms with Crippen LogP contribution >= 0.6 is 24.8 Å². The molecule has 4 heteroatoms. The molecule has 0 radical (unpaired) electrons. The molecule has 2 heterocycles. The highest BCUT2D eigenvalue weighted by atomic mass is 35.5. The van der Waals surface area contributed by atoms with Crippen LogP contribution in [0.4, 0.5) is 0 Å². The quantitative estimate of drug-likeness (QED) is 0.756. The molecule has 1 aromatic rings. The van der Waals surface area contributed by atoms with Gasteiger partial charge in [-0.3, -0.25) is 4.98 Å². The van der Waals surface area contributed by atoms with Gasteiger partial charge in [0, 0.05) is 30.9 Å². The minimum Gasteiger partial charge on any atom is -0.315 e. The fourth-order valence-electron chi connectivity index (χ4n) is 1.12. The number of hydrogen-bond acceptors (Lipinski definition) is 2. The Morgan fingerprint density at radius 3 is 2.42 bits per heavy atom. The van der Waals surface area contributed by atoms with Gasteiger partial charge in [-0.25, -0.2) is 0 Å². The van der Waals surface area contributed by atoms with Gasteiger partial charge >= 0.3 is 0 Å². The van der Waals surface area contributed by atoms with E-state index in [1.54, 1.807) is 0 Å². The van der Waals surface area contributed by atoms with Gasteiger partial charge in [0.2, 0.25) is 0 Å². The normalized spacial score (nSPS) is 15.3. The summed E-state index contributed by atoms with van der Waals surface area (Å²) >= 11 is 0. The van der Waals surface area contributed by atoms with Crippen molar-refractivity contribution in [3.05, 3.63) is 30.1 Å². The Bertz CT molecular complexity index is 212. The predicted molar refractivity (Wildman–Crippen MR) is 54.3 cm³/mol. The zero-order valence-corrected chi connectivity index (χ0v) is 8.20. The molecule has 0 saturated carbocycles. The van der Waals surface area contributed by atoms with Gasteiger partial charge in [0.1, 0.15) is 0 Å². The third kappa shape index (κ3) is 2.34. The molecule has 1 N–H and O–H groups in total. The Morgan fingerprint density at radius 2 is 2.00 bits per heavy atom. The van der Waals surface area contributed by atoms with E-state index < -0.39 is 0 Å². The lowest BCUT2D eigenvalue weighted by Crippen LogP contribution is -2.40. The van der Waals surface area contributed by atoms with Gasteiger partial charge in [0.05, 0.1) is 0 Å². The summed E-state index contributed by atoms with van der Waals surface area (Å²) in [6.45, 7) is 2.19. The van der Waals surface area contributed by atoms with Gasteiger partial charge in [-0.05, 0) is 12.1 Å². The number of nitrogens with zero attached hydrogens (tertiary/aromatic N) is 1. The van der Waals surface area contributed by atoms with Crippen molar-refractivity contribution in [1.82, 2.24) is 10.3 Å². The maximum atomic E-state index is 4.26. The number of aromatic nitrogens is 1. The van der Waals surface area contributed by atoms with E-state index in [2.05, 4.69) is 16.4 Å². The van der Waals surface area contributed by atoms with Gasteiger partial charge < -0.3 is 5.32 Å². The van der Waals surface area contributed by atoms with Crippen LogP contribution in [-0.4, -0.2) is 18.1 Å². The zero-order valence-electron chi connectivity index (χ0n) is 6.56. The van der Waals surface area contributed by atoms with Crippen molar-refractivity contribution >= 4 is 24.8 Å². The Kier molecular flexibility index (Phi) is 5.22. The summed E-state index contributed by atoms with van der Waals surface area (Å²) in [6.07, 6.45) is 1.85. The molecule has 1 aliphatic heterocycles. The predicted octanol–water partition coefficient (Wildman–Crippen LogP) is 1.61. The maximum absolute atomic E-state index is 4.26. The Labute approximate surface area is 84.6 Å². The first-order valence-electron chi connectivity index (χ1n) is 3.58. The van der Waals surface area contributed by atoms with Crippen LogP contribution in [0.15, 0.2) is 24.4 Å². The summed E-state index contributed by atoms with van der Waals surface area (Å²) in [4.78, 5) is 4.26. The van der Waals surface area contributed by atoms with E-state index >= 15 is 0 Å². The van der Waals surface area contributed by atoms with Gasteiger partial charge in [-0.1, -0.05) is 6.07 Å². The number of hydrogen-bond donors (Lipinski definition) is 1. The van der Waals surface area contributed by atoms with Crippen molar-refractivity contribution in [3.63, 3.8) is 0 Å². The molecule has 0 atom stereocenters. The summed E-state index contributed by atoms with van der Waals surface area (Å²) in [5.74, 6) is 0.668. The third-order valence-corrected chi connectivity index (χ3v) is 1.89. The van der Waals surface area contributed by atoms with Crippen molar-refractivity contribution in [2.45, 2.75) is 5.92 Å². The first-order chi connectivity index (χ1) is 4.97. The molecule has 0 aliphatic carbocycles. The van der Waals surface area contributed by atoms with Crippen molar-refractivity contribution in [1.29, 1.82) is 0 Å². The average molecular weight is 207 g/mol. The van der Waals surface area contributed by atoms with Crippen molar-refractivity contribution in [2.75, 3.05) is 13.1 Å². The highest BCUT2D eigenvalue weighted by Crippen LogP contribution is 2.15. The number of halogens is 2. The molecule has 12 heavy (non-hydrogen) atoms. The van der Waals surface area contributed by atoms with E-state index in [1.165, 1.54) is 5.69 Å². The van der Waals surface area contributed by atoms with Gasteiger partial charge in [-0.15, -0.1) is 24.8 Å². The van der Waals surface area contributed by atoms with Crippen LogP contribution in [0.1, 0.15) is 11.6 Å². The SMILES string of the molecule is Cl.Cl.c1ccc(C2CNC2)nc1. The molecule has 68 valence electrons. The van der Waals surface area contributed by atoms with E-state index in [0.717, 1.165) is 13.1 Å². The molecule has 2 rings (SSSR count). The van der Waals surface area contributed by atoms with Gasteiger partial charge in [0.25, 0.3) is 0 Å². The van der Waals surface area contributed by atoms with Crippen LogP contribution in [0.3, 0.4) is 0 Å². The first kappa shape index (κ1) is 11.7. The summed E-state index contributed by atoms with van der Waals surface area (Å²) in [7, 11) is 0. The average Bonchev–Trinajstić information content (AvgIpc) is 1.86. The third-order valence-electron chi connectivity index (χ3n) is 1.89. The second-order valence-corrected chi connectivity index (χ2v) is 2.61. The number of rotatable bonds is 1. The minimum atomic E-state index is 0. The molecule has 0 bridgehead atoms. The largest absolute Gasteiger partial charge is 0.315 e. The highest BCUT2D eigenvalue weighted by Gasteiger charge is 2.18. The van der Waals surface area contributed by atoms with E-state index in [0.29, 0.717) is 5.92 Å². The maximum Gasteiger partial charge on any atom is 0.0459 e. The standard InChI is InChI=1S/C8H10N2.2ClH/c1-2-4-10-8(3-1)7-5-9-6-7;;/h1-4,7,9H,5-6H2;2*1H. The lowest BCUT2D eigenvalue weighted by Gasteiger charge is -2.26. The van der Waals surface area contributed by atoms with E-state index in [1.807, 2.05) is 18.3 Å². The summed E-state index contributed by atoms with van der Waals surface area (Å²) in [6, 6.07) is 6.09. The van der Waals surface area contributed by atoms with E-state index in [-0.39, 0.29) is 24.8 Å². The zero-order chi connectivity index (χ0) is 6.81. The molecule has 1 fully saturated rings. The Balaban J connectivity index is 0.000000605. The van der Waals surface area contributed by atoms with Crippen LogP contribution in [0.2, 0.25) is 0 Å². The second-order valence-electron chi connectivity index (χ2n) is 2.61. The Morgan fingerprint density at radius 1 is 1.25 bits per heavy atom. The summed E-state index contributed by atoms with van der Waals surface area (Å²) in [5, 5.41) is 3.22. The highest BCUT2D eigenvalue weighted by molar-refractivity contribution is 5.85. The molecule has 0 spiro atoms. The fourth-order valence-corrected chi connectivity index (χ4v) is 1.12. The van der Waals surface area contributed by atoms with Crippen LogP contribution in [0.25, 0.3) is 0 Å². The topological polar surface area (TPSA) is 24.9 Å². The molecule has 0 unspecified atom stereocenters. The molecular weight excluding hydrogens is 195 g/mol. The van der Waals surface area contributed by atoms with Crippen LogP contribution in [0, 0.1) is 0 Å². The smallest absolute Gasteiger partial charge is 0.0459 e. The monoisotopic (exact) mass is 206 g/mol. The molecule has 1 aliphatic rings. The second kappa shape index (κ2) is 5.36. The van der Waals surface area contributed by atoms with E-state index in [9.17, 15) is 0 Å². The van der Waals surface area contributed by atoms with Crippen LogP contribution in [-0.2, 0) is 0 Å². The summed E-state index contributed by atoms with van der Waals surface area (Å²) < 4.78 is 0. The lowest BCUT2D eigenvalue weighted by atomic mass is 9.99. The van der Waals surface area contributed by atoms with Crippen molar-refractivity contribution in [3.8, 4) is 0 Å². The fraction of sp³-hybridized carbons (Fsp3) is 0.375. The van der Waals surface area contributed by atoms with Gasteiger partial charge in [0.15, 0.2) is 0 Å². The van der Waals surface area contributed by atoms with Crippen LogP contribution in [0.5, 0.6) is 0 Å². The van der Waals surface area contributed by atoms with Crippen molar-refractivity contribution in [2.24, 2.45) is 0 Å². The Hall–Kier alpha value is -0.310. The number of nitrogens with one attached hydrogen (secondary N) is 1. The molecule has 0 amide bonds. The molecular formula is C8H12Cl2N2. The van der Waals surface area contributed by atoms with Crippen molar-refractivity contribution < 1.29 is 0 Å². The first-order valence-corrected chi connectivity index (χ1v) is 3.58. The lowest BCUT2D eigenvalue weighted by molar-refractivity contribution is 0.440. The van der Waals surface area contributed by atoms with E-state index in [4.69, 9.17) is 0 Å². The molecule has 0 aromatic carbocycles. The summed E-state index contributed by atoms with van der Waals surface area (Å²) in [5.41, 5.74) is 1.22. The molecule has 1 saturated heterocycles. The number of pyridine rings is 1. The molecule has 1 aromatic heterocycles. The molecule has 2 nitrogen and oxygen atoms in total. The van der Waals surface area contributed by atoms with Gasteiger partial charge in [-0.2, -0.15) is 0 Å². The van der Waals surface area contributed by atoms with Crippen LogP contribution < -0.4 is 5.32 Å². The minimum absolute atomic E-state index is 0.